The molecule has 0 radical (unpaired) electrons. The predicted octanol–water partition coefficient (Wildman–Crippen LogP) is 2.73. The fraction of sp³-hybridized carbons (Fsp3) is 0.111. The number of ether oxygens (including phenoxy) is 2. The summed E-state index contributed by atoms with van der Waals surface area (Å²) < 4.78 is 10.1. The average Bonchev–Trinajstić information content (AvgIpc) is 3.14. The van der Waals surface area contributed by atoms with Crippen LogP contribution in [0.3, 0.4) is 0 Å². The zero-order chi connectivity index (χ0) is 19.2. The van der Waals surface area contributed by atoms with E-state index in [9.17, 15) is 10.2 Å². The van der Waals surface area contributed by atoms with Crippen LogP contribution in [0.2, 0.25) is 0 Å². The van der Waals surface area contributed by atoms with Crippen LogP contribution in [0.25, 0.3) is 0 Å². The molecule has 2 aromatic carbocycles. The number of phenols is 2. The van der Waals surface area contributed by atoms with E-state index >= 15 is 0 Å². The Morgan fingerprint density at radius 1 is 0.889 bits per heavy atom. The molecule has 1 heterocycles. The lowest BCUT2D eigenvalue weighted by molar-refractivity contribution is 0.373. The van der Waals surface area contributed by atoms with E-state index in [0.717, 1.165) is 11.1 Å². The quantitative estimate of drug-likeness (QED) is 0.575. The van der Waals surface area contributed by atoms with Crippen molar-refractivity contribution in [2.24, 2.45) is 9.98 Å². The molecule has 0 bridgehead atoms. The fourth-order valence-electron chi connectivity index (χ4n) is 2.18. The molecular weight excluding hydrogens is 350 g/mol. The lowest BCUT2D eigenvalue weighted by Crippen LogP contribution is -1.87. The van der Waals surface area contributed by atoms with Gasteiger partial charge in [0.25, 0.3) is 5.95 Å². The second-order valence-electron chi connectivity index (χ2n) is 5.34. The van der Waals surface area contributed by atoms with Crippen LogP contribution in [-0.2, 0) is 0 Å². The van der Waals surface area contributed by atoms with Crippen LogP contribution < -0.4 is 9.47 Å². The smallest absolute Gasteiger partial charge is 0.269 e. The monoisotopic (exact) mass is 367 g/mol. The van der Waals surface area contributed by atoms with Crippen molar-refractivity contribution in [1.29, 1.82) is 0 Å². The van der Waals surface area contributed by atoms with Crippen molar-refractivity contribution in [3.63, 3.8) is 0 Å². The summed E-state index contributed by atoms with van der Waals surface area (Å²) in [6.45, 7) is 0. The van der Waals surface area contributed by atoms with Gasteiger partial charge in [-0.2, -0.15) is 4.98 Å². The first-order chi connectivity index (χ1) is 13.1. The molecule has 3 N–H and O–H groups in total. The summed E-state index contributed by atoms with van der Waals surface area (Å²) in [7, 11) is 2.94. The Bertz CT molecular complexity index is 919. The summed E-state index contributed by atoms with van der Waals surface area (Å²) in [5.74, 6) is 1.29. The highest BCUT2D eigenvalue weighted by Gasteiger charge is 2.04. The van der Waals surface area contributed by atoms with Crippen LogP contribution in [0.15, 0.2) is 46.4 Å². The zero-order valence-corrected chi connectivity index (χ0v) is 14.6. The molecule has 0 spiro atoms. The molecule has 3 rings (SSSR count). The highest BCUT2D eigenvalue weighted by molar-refractivity contribution is 5.83. The first-order valence-corrected chi connectivity index (χ1v) is 7.83. The SMILES string of the molecule is COc1cc(/C=N/c2n[nH]c(/N=C/c3ccc(O)c(OC)c3)n2)ccc1O. The Hall–Kier alpha value is -3.88. The third kappa shape index (κ3) is 4.40. The highest BCUT2D eigenvalue weighted by Crippen LogP contribution is 2.26. The molecule has 0 atom stereocenters. The van der Waals surface area contributed by atoms with Crippen LogP contribution in [0, 0.1) is 0 Å². The first-order valence-electron chi connectivity index (χ1n) is 7.83. The number of phenolic OH excluding ortho intramolecular Hbond substituents is 2. The number of aromatic amines is 1. The number of methoxy groups -OCH3 is 2. The topological polar surface area (TPSA) is 125 Å². The molecule has 9 heteroatoms. The van der Waals surface area contributed by atoms with Crippen molar-refractivity contribution in [2.45, 2.75) is 0 Å². The number of hydrogen-bond donors (Lipinski definition) is 3. The maximum absolute atomic E-state index is 9.59. The van der Waals surface area contributed by atoms with E-state index in [0.29, 0.717) is 11.5 Å². The third-order valence-electron chi connectivity index (χ3n) is 3.53. The molecule has 138 valence electrons. The van der Waals surface area contributed by atoms with Crippen molar-refractivity contribution >= 4 is 24.3 Å². The molecule has 0 aliphatic rings. The molecule has 0 saturated carbocycles. The molecule has 9 nitrogen and oxygen atoms in total. The molecule has 0 saturated heterocycles. The standard InChI is InChI=1S/C18H17N5O4/c1-26-15-7-11(3-5-13(15)24)9-19-17-21-18(23-22-17)20-10-12-4-6-14(25)16(8-12)27-2/h3-10,24-25H,1-2H3,(H,21,22,23)/b19-9+,20-10+. The van der Waals surface area contributed by atoms with E-state index in [4.69, 9.17) is 9.47 Å². The molecule has 1 aromatic heterocycles. The van der Waals surface area contributed by atoms with Crippen molar-refractivity contribution in [3.05, 3.63) is 47.5 Å². The minimum Gasteiger partial charge on any atom is -0.504 e. The minimum atomic E-state index is 0.0510. The number of nitrogens with one attached hydrogen (secondary N) is 1. The van der Waals surface area contributed by atoms with Gasteiger partial charge in [-0.1, -0.05) is 0 Å². The Kier molecular flexibility index (Phi) is 5.31. The summed E-state index contributed by atoms with van der Waals surface area (Å²) in [6.07, 6.45) is 3.10. The van der Waals surface area contributed by atoms with Gasteiger partial charge in [0.15, 0.2) is 23.0 Å². The Morgan fingerprint density at radius 3 is 2.00 bits per heavy atom. The molecule has 0 aliphatic carbocycles. The van der Waals surface area contributed by atoms with Gasteiger partial charge in [0, 0.05) is 12.4 Å². The Balaban J connectivity index is 1.71. The highest BCUT2D eigenvalue weighted by atomic mass is 16.5. The zero-order valence-electron chi connectivity index (χ0n) is 14.6. The minimum absolute atomic E-state index is 0.0510. The van der Waals surface area contributed by atoms with Gasteiger partial charge in [0.2, 0.25) is 5.95 Å². The lowest BCUT2D eigenvalue weighted by Gasteiger charge is -2.02. The molecule has 0 aliphatic heterocycles. The predicted molar refractivity (Wildman–Crippen MR) is 100 cm³/mol. The third-order valence-corrected chi connectivity index (χ3v) is 3.53. The van der Waals surface area contributed by atoms with Gasteiger partial charge in [0.05, 0.1) is 14.2 Å². The van der Waals surface area contributed by atoms with Crippen LogP contribution in [0.4, 0.5) is 11.9 Å². The fourth-order valence-corrected chi connectivity index (χ4v) is 2.18. The van der Waals surface area contributed by atoms with Crippen molar-refractivity contribution in [1.82, 2.24) is 15.2 Å². The van der Waals surface area contributed by atoms with Crippen molar-refractivity contribution in [2.75, 3.05) is 14.2 Å². The summed E-state index contributed by atoms with van der Waals surface area (Å²) in [6, 6.07) is 9.69. The van der Waals surface area contributed by atoms with Crippen LogP contribution >= 0.6 is 0 Å². The van der Waals surface area contributed by atoms with Gasteiger partial charge in [-0.15, -0.1) is 5.10 Å². The second kappa shape index (κ2) is 8.00. The molecular formula is C18H17N5O4. The van der Waals surface area contributed by atoms with E-state index in [2.05, 4.69) is 25.2 Å². The molecule has 27 heavy (non-hydrogen) atoms. The largest absolute Gasteiger partial charge is 0.504 e. The maximum Gasteiger partial charge on any atom is 0.269 e. The van der Waals surface area contributed by atoms with E-state index < -0.39 is 0 Å². The normalized spacial score (nSPS) is 11.3. The number of benzene rings is 2. The van der Waals surface area contributed by atoms with Gasteiger partial charge in [-0.05, 0) is 47.5 Å². The number of hydrogen-bond acceptors (Lipinski definition) is 8. The number of H-pyrrole nitrogens is 1. The van der Waals surface area contributed by atoms with Crippen LogP contribution in [0.5, 0.6) is 23.0 Å². The average molecular weight is 367 g/mol. The second-order valence-corrected chi connectivity index (χ2v) is 5.34. The van der Waals surface area contributed by atoms with E-state index in [1.54, 1.807) is 36.7 Å². The molecule has 0 amide bonds. The number of aromatic hydroxyl groups is 2. The van der Waals surface area contributed by atoms with Crippen LogP contribution in [0.1, 0.15) is 11.1 Å². The van der Waals surface area contributed by atoms with E-state index in [1.807, 2.05) is 0 Å². The number of aliphatic imine (C=N–C) groups is 2. The summed E-state index contributed by atoms with van der Waals surface area (Å²) in [4.78, 5) is 12.5. The van der Waals surface area contributed by atoms with Gasteiger partial charge < -0.3 is 19.7 Å². The lowest BCUT2D eigenvalue weighted by atomic mass is 10.2. The van der Waals surface area contributed by atoms with Crippen molar-refractivity contribution < 1.29 is 19.7 Å². The Labute approximate surface area is 154 Å². The van der Waals surface area contributed by atoms with Gasteiger partial charge in [0.1, 0.15) is 0 Å². The number of nitrogens with zero attached hydrogens (tertiary/aromatic N) is 4. The van der Waals surface area contributed by atoms with Gasteiger partial charge in [-0.25, -0.2) is 15.1 Å². The molecule has 3 aromatic rings. The van der Waals surface area contributed by atoms with E-state index in [-0.39, 0.29) is 23.4 Å². The number of rotatable bonds is 6. The summed E-state index contributed by atoms with van der Waals surface area (Å²) >= 11 is 0. The molecule has 0 unspecified atom stereocenters. The van der Waals surface area contributed by atoms with Crippen molar-refractivity contribution in [3.8, 4) is 23.0 Å². The van der Waals surface area contributed by atoms with E-state index in [1.165, 1.54) is 26.4 Å². The van der Waals surface area contributed by atoms with Gasteiger partial charge >= 0.3 is 0 Å². The number of aromatic nitrogens is 3. The molecule has 0 fully saturated rings. The first kappa shape index (κ1) is 17.9. The summed E-state index contributed by atoms with van der Waals surface area (Å²) in [5.41, 5.74) is 1.44. The maximum atomic E-state index is 9.59. The van der Waals surface area contributed by atoms with Crippen LogP contribution in [-0.4, -0.2) is 52.0 Å². The summed E-state index contributed by atoms with van der Waals surface area (Å²) in [5, 5.41) is 25.8. The van der Waals surface area contributed by atoms with Gasteiger partial charge in [-0.3, -0.25) is 0 Å². The Morgan fingerprint density at radius 2 is 1.44 bits per heavy atom.